The Morgan fingerprint density at radius 3 is 2.41 bits per heavy atom. The van der Waals surface area contributed by atoms with Gasteiger partial charge in [-0.15, -0.1) is 0 Å². The molecule has 0 fully saturated rings. The molecule has 9 heteroatoms. The molecular formula is C20H20F3NO5. The zero-order valence-corrected chi connectivity index (χ0v) is 15.9. The molecule has 2 rings (SSSR count). The van der Waals surface area contributed by atoms with Gasteiger partial charge in [0.05, 0.1) is 24.5 Å². The van der Waals surface area contributed by atoms with Crippen LogP contribution >= 0.6 is 0 Å². The summed E-state index contributed by atoms with van der Waals surface area (Å²) in [7, 11) is 0. The summed E-state index contributed by atoms with van der Waals surface area (Å²) in [5, 5.41) is 2.01. The molecule has 29 heavy (non-hydrogen) atoms. The Morgan fingerprint density at radius 1 is 0.966 bits per heavy atom. The first-order valence-electron chi connectivity index (χ1n) is 8.87. The van der Waals surface area contributed by atoms with Crippen molar-refractivity contribution >= 4 is 17.6 Å². The van der Waals surface area contributed by atoms with E-state index in [0.717, 1.165) is 12.5 Å². The van der Waals surface area contributed by atoms with Crippen LogP contribution in [-0.4, -0.2) is 31.7 Å². The monoisotopic (exact) mass is 411 g/mol. The van der Waals surface area contributed by atoms with E-state index in [9.17, 15) is 22.8 Å². The fraction of sp³-hybridized carbons (Fsp3) is 0.300. The van der Waals surface area contributed by atoms with Gasteiger partial charge >= 0.3 is 5.97 Å². The van der Waals surface area contributed by atoms with E-state index in [2.05, 4.69) is 0 Å². The lowest BCUT2D eigenvalue weighted by Gasteiger charge is -2.13. The summed E-state index contributed by atoms with van der Waals surface area (Å²) in [5.74, 6) is -5.57. The van der Waals surface area contributed by atoms with Crippen LogP contribution in [0, 0.1) is 17.5 Å². The maximum absolute atomic E-state index is 13.6. The van der Waals surface area contributed by atoms with Crippen LogP contribution in [0.2, 0.25) is 0 Å². The van der Waals surface area contributed by atoms with Gasteiger partial charge < -0.3 is 19.5 Å². The van der Waals surface area contributed by atoms with Gasteiger partial charge in [0.1, 0.15) is 0 Å². The lowest BCUT2D eigenvalue weighted by molar-refractivity contribution is -0.119. The minimum atomic E-state index is -1.71. The van der Waals surface area contributed by atoms with Crippen LogP contribution in [0.25, 0.3) is 0 Å². The van der Waals surface area contributed by atoms with Crippen LogP contribution < -0.4 is 14.8 Å². The summed E-state index contributed by atoms with van der Waals surface area (Å²) in [6, 6.07) is 5.94. The first-order chi connectivity index (χ1) is 13.9. The Hall–Kier alpha value is -3.23. The van der Waals surface area contributed by atoms with Gasteiger partial charge in [0.2, 0.25) is 0 Å². The van der Waals surface area contributed by atoms with E-state index in [-0.39, 0.29) is 5.56 Å². The van der Waals surface area contributed by atoms with Gasteiger partial charge in [0, 0.05) is 0 Å². The van der Waals surface area contributed by atoms with Crippen molar-refractivity contribution in [1.29, 1.82) is 0 Å². The predicted molar refractivity (Wildman–Crippen MR) is 98.6 cm³/mol. The molecule has 0 radical (unpaired) electrons. The van der Waals surface area contributed by atoms with Crippen LogP contribution in [0.3, 0.4) is 0 Å². The number of rotatable bonds is 9. The second kappa shape index (κ2) is 10.4. The Morgan fingerprint density at radius 2 is 1.72 bits per heavy atom. The van der Waals surface area contributed by atoms with Crippen molar-refractivity contribution in [2.24, 2.45) is 0 Å². The molecule has 0 unspecified atom stereocenters. The van der Waals surface area contributed by atoms with E-state index in [0.29, 0.717) is 30.8 Å². The molecule has 0 aromatic heterocycles. The molecule has 0 bridgehead atoms. The van der Waals surface area contributed by atoms with Crippen molar-refractivity contribution < 1.29 is 37.0 Å². The Bertz CT molecular complexity index is 889. The second-order valence-corrected chi connectivity index (χ2v) is 5.79. The number of esters is 1. The van der Waals surface area contributed by atoms with Gasteiger partial charge in [0.15, 0.2) is 35.6 Å². The SMILES string of the molecule is CCCOc1ccc(C(=O)OCC(=O)Nc2ccc(F)c(F)c2F)cc1OCC. The summed E-state index contributed by atoms with van der Waals surface area (Å²) in [6.45, 7) is 3.79. The molecular weight excluding hydrogens is 391 g/mol. The van der Waals surface area contributed by atoms with Gasteiger partial charge in [0.25, 0.3) is 5.91 Å². The number of amides is 1. The molecule has 0 aliphatic carbocycles. The third-order valence-electron chi connectivity index (χ3n) is 3.58. The first-order valence-corrected chi connectivity index (χ1v) is 8.87. The molecule has 0 aliphatic heterocycles. The molecule has 156 valence electrons. The smallest absolute Gasteiger partial charge is 0.338 e. The molecule has 0 heterocycles. The molecule has 2 aromatic carbocycles. The predicted octanol–water partition coefficient (Wildman–Crippen LogP) is 4.09. The summed E-state index contributed by atoms with van der Waals surface area (Å²) >= 11 is 0. The van der Waals surface area contributed by atoms with Crippen molar-refractivity contribution in [3.63, 3.8) is 0 Å². The topological polar surface area (TPSA) is 73.9 Å². The Labute approximate surface area is 165 Å². The molecule has 0 aliphatic rings. The number of nitrogens with one attached hydrogen (secondary N) is 1. The Balaban J connectivity index is 2.00. The highest BCUT2D eigenvalue weighted by Crippen LogP contribution is 2.29. The van der Waals surface area contributed by atoms with Gasteiger partial charge in [-0.25, -0.2) is 18.0 Å². The summed E-state index contributed by atoms with van der Waals surface area (Å²) in [4.78, 5) is 24.0. The van der Waals surface area contributed by atoms with E-state index >= 15 is 0 Å². The number of carbonyl (C=O) groups is 2. The molecule has 6 nitrogen and oxygen atoms in total. The van der Waals surface area contributed by atoms with Crippen LogP contribution in [-0.2, 0) is 9.53 Å². The van der Waals surface area contributed by atoms with Crippen molar-refractivity contribution in [2.75, 3.05) is 25.1 Å². The largest absolute Gasteiger partial charge is 0.490 e. The lowest BCUT2D eigenvalue weighted by atomic mass is 10.2. The van der Waals surface area contributed by atoms with E-state index in [1.807, 2.05) is 12.2 Å². The number of carbonyl (C=O) groups excluding carboxylic acids is 2. The Kier molecular flexibility index (Phi) is 7.88. The zero-order valence-electron chi connectivity index (χ0n) is 15.9. The van der Waals surface area contributed by atoms with Crippen molar-refractivity contribution in [1.82, 2.24) is 0 Å². The summed E-state index contributed by atoms with van der Waals surface area (Å²) in [6.07, 6.45) is 0.795. The van der Waals surface area contributed by atoms with Crippen LogP contribution in [0.1, 0.15) is 30.6 Å². The highest BCUT2D eigenvalue weighted by molar-refractivity contribution is 5.95. The summed E-state index contributed by atoms with van der Waals surface area (Å²) < 4.78 is 55.5. The fourth-order valence-corrected chi connectivity index (χ4v) is 2.26. The van der Waals surface area contributed by atoms with Gasteiger partial charge in [-0.05, 0) is 43.7 Å². The lowest BCUT2D eigenvalue weighted by Crippen LogP contribution is -2.21. The minimum absolute atomic E-state index is 0.115. The molecule has 1 amide bonds. The molecule has 0 saturated carbocycles. The van der Waals surface area contributed by atoms with E-state index in [1.54, 1.807) is 13.0 Å². The van der Waals surface area contributed by atoms with E-state index in [4.69, 9.17) is 14.2 Å². The zero-order chi connectivity index (χ0) is 21.4. The van der Waals surface area contributed by atoms with Gasteiger partial charge in [-0.2, -0.15) is 0 Å². The average Bonchev–Trinajstić information content (AvgIpc) is 2.71. The van der Waals surface area contributed by atoms with Gasteiger partial charge in [-0.1, -0.05) is 6.92 Å². The van der Waals surface area contributed by atoms with Crippen molar-refractivity contribution in [3.8, 4) is 11.5 Å². The normalized spacial score (nSPS) is 10.4. The third-order valence-corrected chi connectivity index (χ3v) is 3.58. The third kappa shape index (κ3) is 5.87. The number of anilines is 1. The standard InChI is InChI=1S/C20H20F3NO5/c1-3-9-28-15-8-5-12(10-16(15)27-4-2)20(26)29-11-17(25)24-14-7-6-13(21)18(22)19(14)23/h5-8,10H,3-4,9,11H2,1-2H3,(H,24,25). The molecule has 0 atom stereocenters. The number of halogens is 3. The van der Waals surface area contributed by atoms with Crippen LogP contribution in [0.15, 0.2) is 30.3 Å². The molecule has 1 N–H and O–H groups in total. The highest BCUT2D eigenvalue weighted by atomic mass is 19.2. The minimum Gasteiger partial charge on any atom is -0.490 e. The highest BCUT2D eigenvalue weighted by Gasteiger charge is 2.17. The number of hydrogen-bond donors (Lipinski definition) is 1. The van der Waals surface area contributed by atoms with Crippen LogP contribution in [0.5, 0.6) is 11.5 Å². The number of benzene rings is 2. The van der Waals surface area contributed by atoms with Crippen molar-refractivity contribution in [3.05, 3.63) is 53.3 Å². The van der Waals surface area contributed by atoms with E-state index < -0.39 is 41.6 Å². The molecule has 0 spiro atoms. The fourth-order valence-electron chi connectivity index (χ4n) is 2.26. The summed E-state index contributed by atoms with van der Waals surface area (Å²) in [5.41, 5.74) is -0.454. The molecule has 2 aromatic rings. The number of hydrogen-bond acceptors (Lipinski definition) is 5. The quantitative estimate of drug-likeness (QED) is 0.497. The maximum atomic E-state index is 13.6. The maximum Gasteiger partial charge on any atom is 0.338 e. The van der Waals surface area contributed by atoms with Gasteiger partial charge in [-0.3, -0.25) is 4.79 Å². The molecule has 0 saturated heterocycles. The average molecular weight is 411 g/mol. The first kappa shape index (κ1) is 22.1. The number of ether oxygens (including phenoxy) is 3. The van der Waals surface area contributed by atoms with Crippen LogP contribution in [0.4, 0.5) is 18.9 Å². The second-order valence-electron chi connectivity index (χ2n) is 5.79. The van der Waals surface area contributed by atoms with Crippen molar-refractivity contribution in [2.45, 2.75) is 20.3 Å². The van der Waals surface area contributed by atoms with E-state index in [1.165, 1.54) is 12.1 Å².